The number of para-hydroxylation sites is 1. The highest BCUT2D eigenvalue weighted by Crippen LogP contribution is 2.27. The quantitative estimate of drug-likeness (QED) is 0.830. The van der Waals surface area contributed by atoms with Crippen LogP contribution >= 0.6 is 0 Å². The first kappa shape index (κ1) is 13.7. The SMILES string of the molecule is CCC(C)(C)c1c(C)n(C)n(-c2ccccc2)c1=O. The van der Waals surface area contributed by atoms with E-state index >= 15 is 0 Å². The van der Waals surface area contributed by atoms with Gasteiger partial charge in [0.15, 0.2) is 0 Å². The fourth-order valence-electron chi connectivity index (χ4n) is 2.52. The van der Waals surface area contributed by atoms with Crippen molar-refractivity contribution in [2.24, 2.45) is 7.05 Å². The number of aromatic nitrogens is 2. The summed E-state index contributed by atoms with van der Waals surface area (Å²) in [5.41, 5.74) is 2.87. The molecule has 0 radical (unpaired) electrons. The van der Waals surface area contributed by atoms with Crippen LogP contribution in [0.25, 0.3) is 5.69 Å². The molecule has 0 aliphatic rings. The highest BCUT2D eigenvalue weighted by atomic mass is 16.1. The maximum absolute atomic E-state index is 12.8. The maximum Gasteiger partial charge on any atom is 0.275 e. The third-order valence-corrected chi connectivity index (χ3v) is 4.11. The molecule has 0 aliphatic carbocycles. The Kier molecular flexibility index (Phi) is 3.40. The molecule has 1 aromatic carbocycles. The zero-order valence-corrected chi connectivity index (χ0v) is 12.4. The van der Waals surface area contributed by atoms with Crippen LogP contribution in [0.2, 0.25) is 0 Å². The lowest BCUT2D eigenvalue weighted by atomic mass is 9.82. The molecule has 1 heterocycles. The van der Waals surface area contributed by atoms with Gasteiger partial charge in [-0.2, -0.15) is 0 Å². The summed E-state index contributed by atoms with van der Waals surface area (Å²) in [6.45, 7) is 8.41. The number of hydrogen-bond acceptors (Lipinski definition) is 1. The van der Waals surface area contributed by atoms with Crippen molar-refractivity contribution in [2.75, 3.05) is 0 Å². The molecule has 0 fully saturated rings. The van der Waals surface area contributed by atoms with Crippen LogP contribution < -0.4 is 5.56 Å². The lowest BCUT2D eigenvalue weighted by Crippen LogP contribution is -2.27. The van der Waals surface area contributed by atoms with Crippen LogP contribution in [0.3, 0.4) is 0 Å². The first-order valence-corrected chi connectivity index (χ1v) is 6.74. The first-order valence-electron chi connectivity index (χ1n) is 6.74. The molecule has 2 aromatic rings. The van der Waals surface area contributed by atoms with Gasteiger partial charge in [0.25, 0.3) is 5.56 Å². The molecule has 0 N–H and O–H groups in total. The summed E-state index contributed by atoms with van der Waals surface area (Å²) in [7, 11) is 1.94. The predicted molar refractivity (Wildman–Crippen MR) is 79.1 cm³/mol. The van der Waals surface area contributed by atoms with Crippen LogP contribution in [0, 0.1) is 6.92 Å². The van der Waals surface area contributed by atoms with E-state index in [0.717, 1.165) is 23.4 Å². The van der Waals surface area contributed by atoms with Gasteiger partial charge in [-0.05, 0) is 30.9 Å². The van der Waals surface area contributed by atoms with Crippen molar-refractivity contribution in [1.29, 1.82) is 0 Å². The minimum atomic E-state index is -0.0983. The zero-order valence-electron chi connectivity index (χ0n) is 12.4. The molecule has 1 aromatic heterocycles. The van der Waals surface area contributed by atoms with Gasteiger partial charge in [-0.25, -0.2) is 4.68 Å². The molecule has 3 heteroatoms. The van der Waals surface area contributed by atoms with Gasteiger partial charge in [0, 0.05) is 18.3 Å². The highest BCUT2D eigenvalue weighted by molar-refractivity contribution is 5.35. The Morgan fingerprint density at radius 1 is 1.16 bits per heavy atom. The van der Waals surface area contributed by atoms with E-state index in [0.29, 0.717) is 0 Å². The minimum absolute atomic E-state index is 0.0954. The van der Waals surface area contributed by atoms with E-state index in [1.54, 1.807) is 4.68 Å². The first-order chi connectivity index (χ1) is 8.90. The van der Waals surface area contributed by atoms with Crippen molar-refractivity contribution < 1.29 is 0 Å². The monoisotopic (exact) mass is 258 g/mol. The van der Waals surface area contributed by atoms with Gasteiger partial charge < -0.3 is 0 Å². The number of hydrogen-bond donors (Lipinski definition) is 0. The lowest BCUT2D eigenvalue weighted by Gasteiger charge is -2.21. The van der Waals surface area contributed by atoms with E-state index in [9.17, 15) is 4.79 Å². The van der Waals surface area contributed by atoms with Crippen LogP contribution in [0.15, 0.2) is 35.1 Å². The molecule has 0 spiro atoms. The van der Waals surface area contributed by atoms with Crippen LogP contribution in [0.5, 0.6) is 0 Å². The summed E-state index contributed by atoms with van der Waals surface area (Å²) in [4.78, 5) is 12.8. The summed E-state index contributed by atoms with van der Waals surface area (Å²) in [5.74, 6) is 0. The third kappa shape index (κ3) is 2.14. The van der Waals surface area contributed by atoms with Crippen molar-refractivity contribution in [1.82, 2.24) is 9.36 Å². The van der Waals surface area contributed by atoms with Crippen LogP contribution in [0.1, 0.15) is 38.4 Å². The number of nitrogens with zero attached hydrogens (tertiary/aromatic N) is 2. The largest absolute Gasteiger partial charge is 0.285 e. The van der Waals surface area contributed by atoms with Crippen LogP contribution in [-0.2, 0) is 12.5 Å². The second-order valence-electron chi connectivity index (χ2n) is 5.67. The normalized spacial score (nSPS) is 11.8. The molecule has 102 valence electrons. The van der Waals surface area contributed by atoms with Crippen molar-refractivity contribution >= 4 is 0 Å². The number of rotatable bonds is 3. The molecule has 3 nitrogen and oxygen atoms in total. The van der Waals surface area contributed by atoms with E-state index < -0.39 is 0 Å². The van der Waals surface area contributed by atoms with Crippen LogP contribution in [-0.4, -0.2) is 9.36 Å². The van der Waals surface area contributed by atoms with Crippen molar-refractivity contribution in [3.8, 4) is 5.69 Å². The van der Waals surface area contributed by atoms with Crippen molar-refractivity contribution in [3.63, 3.8) is 0 Å². The molecule has 2 rings (SSSR count). The van der Waals surface area contributed by atoms with Gasteiger partial charge in [-0.1, -0.05) is 39.0 Å². The van der Waals surface area contributed by atoms with Crippen LogP contribution in [0.4, 0.5) is 0 Å². The lowest BCUT2D eigenvalue weighted by molar-refractivity contribution is 0.499. The van der Waals surface area contributed by atoms with Gasteiger partial charge in [-0.15, -0.1) is 0 Å². The zero-order chi connectivity index (χ0) is 14.2. The average molecular weight is 258 g/mol. The molecule has 0 saturated carbocycles. The standard InChI is InChI=1S/C16H22N2O/c1-6-16(3,4)14-12(2)17(5)18(15(14)19)13-10-8-7-9-11-13/h7-11H,6H2,1-5H3. The average Bonchev–Trinajstić information content (AvgIpc) is 2.62. The molecule has 0 unspecified atom stereocenters. The molecule has 19 heavy (non-hydrogen) atoms. The summed E-state index contributed by atoms with van der Waals surface area (Å²) < 4.78 is 3.70. The van der Waals surface area contributed by atoms with Gasteiger partial charge in [-0.3, -0.25) is 9.48 Å². The molecule has 0 atom stereocenters. The Hall–Kier alpha value is -1.77. The van der Waals surface area contributed by atoms with E-state index in [4.69, 9.17) is 0 Å². The van der Waals surface area contributed by atoms with Crippen molar-refractivity contribution in [2.45, 2.75) is 39.5 Å². The summed E-state index contributed by atoms with van der Waals surface area (Å²) in [5, 5.41) is 0. The van der Waals surface area contributed by atoms with E-state index in [1.165, 1.54) is 0 Å². The van der Waals surface area contributed by atoms with Gasteiger partial charge in [0.2, 0.25) is 0 Å². The Morgan fingerprint density at radius 2 is 1.74 bits per heavy atom. The molecule has 0 saturated heterocycles. The highest BCUT2D eigenvalue weighted by Gasteiger charge is 2.28. The molecular formula is C16H22N2O. The molecule has 0 aliphatic heterocycles. The molecule has 0 bridgehead atoms. The molecular weight excluding hydrogens is 236 g/mol. The maximum atomic E-state index is 12.8. The smallest absolute Gasteiger partial charge is 0.275 e. The fourth-order valence-corrected chi connectivity index (χ4v) is 2.52. The topological polar surface area (TPSA) is 26.9 Å². The summed E-state index contributed by atoms with van der Waals surface area (Å²) >= 11 is 0. The number of benzene rings is 1. The van der Waals surface area contributed by atoms with E-state index in [-0.39, 0.29) is 11.0 Å². The van der Waals surface area contributed by atoms with Crippen molar-refractivity contribution in [3.05, 3.63) is 51.9 Å². The second kappa shape index (κ2) is 4.72. The Morgan fingerprint density at radius 3 is 2.26 bits per heavy atom. The third-order valence-electron chi connectivity index (χ3n) is 4.11. The Bertz CT molecular complexity index is 633. The second-order valence-corrected chi connectivity index (χ2v) is 5.67. The van der Waals surface area contributed by atoms with Gasteiger partial charge >= 0.3 is 0 Å². The summed E-state index contributed by atoms with van der Waals surface area (Å²) in [6.07, 6.45) is 0.946. The Labute approximate surface area is 114 Å². The summed E-state index contributed by atoms with van der Waals surface area (Å²) in [6, 6.07) is 9.79. The Balaban J connectivity index is 2.74. The minimum Gasteiger partial charge on any atom is -0.285 e. The van der Waals surface area contributed by atoms with E-state index in [1.807, 2.05) is 49.0 Å². The van der Waals surface area contributed by atoms with E-state index in [2.05, 4.69) is 20.8 Å². The fraction of sp³-hybridized carbons (Fsp3) is 0.438. The van der Waals surface area contributed by atoms with Gasteiger partial charge in [0.1, 0.15) is 0 Å². The molecule has 0 amide bonds. The van der Waals surface area contributed by atoms with Gasteiger partial charge in [0.05, 0.1) is 5.69 Å². The predicted octanol–water partition coefficient (Wildman–Crippen LogP) is 3.17.